The van der Waals surface area contributed by atoms with Crippen LogP contribution < -0.4 is 0 Å². The standard InChI is InChI=1S/C43H25N/c44-26-29-16-9-20-31-30(29)19-10-21-32(31)33-24-25-38-41-34(33)22-11-23-37(41)42-39(27-12-3-1-4-13-27)35-17-7-8-18-36(35)40(43(38)42)28-14-5-2-6-15-28/h1-25H. The summed E-state index contributed by atoms with van der Waals surface area (Å²) in [7, 11) is 0. The van der Waals surface area contributed by atoms with Gasteiger partial charge in [0.25, 0.3) is 0 Å². The van der Waals surface area contributed by atoms with E-state index in [0.29, 0.717) is 5.56 Å². The second-order valence-electron chi connectivity index (χ2n) is 11.5. The highest BCUT2D eigenvalue weighted by atomic mass is 14.3. The van der Waals surface area contributed by atoms with Crippen LogP contribution in [0.2, 0.25) is 0 Å². The van der Waals surface area contributed by atoms with Crippen LogP contribution in [0, 0.1) is 11.3 Å². The third-order valence-corrected chi connectivity index (χ3v) is 9.25. The van der Waals surface area contributed by atoms with E-state index in [0.717, 1.165) is 16.3 Å². The number of fused-ring (bicyclic) bond motifs is 5. The van der Waals surface area contributed by atoms with Gasteiger partial charge in [-0.25, -0.2) is 0 Å². The van der Waals surface area contributed by atoms with Crippen molar-refractivity contribution in [1.82, 2.24) is 0 Å². The molecule has 0 fully saturated rings. The van der Waals surface area contributed by atoms with Gasteiger partial charge in [-0.15, -0.1) is 0 Å². The van der Waals surface area contributed by atoms with E-state index in [1.54, 1.807) is 0 Å². The van der Waals surface area contributed by atoms with Crippen molar-refractivity contribution in [3.63, 3.8) is 0 Å². The van der Waals surface area contributed by atoms with Gasteiger partial charge in [-0.1, -0.05) is 146 Å². The van der Waals surface area contributed by atoms with Crippen LogP contribution in [-0.2, 0) is 0 Å². The first-order valence-electron chi connectivity index (χ1n) is 15.0. The molecule has 0 heterocycles. The first-order valence-corrected chi connectivity index (χ1v) is 15.0. The molecular weight excluding hydrogens is 530 g/mol. The fourth-order valence-corrected chi connectivity index (χ4v) is 7.49. The monoisotopic (exact) mass is 555 g/mol. The number of nitriles is 1. The summed E-state index contributed by atoms with van der Waals surface area (Å²) in [6, 6.07) is 56.7. The van der Waals surface area contributed by atoms with Crippen molar-refractivity contribution in [1.29, 1.82) is 5.26 Å². The van der Waals surface area contributed by atoms with Gasteiger partial charge in [0.15, 0.2) is 0 Å². The summed E-state index contributed by atoms with van der Waals surface area (Å²) < 4.78 is 0. The SMILES string of the molecule is N#Cc1cccc2c(-c3ccc4c5c(cccc35)-c3c-4c(-c4ccccc4)c4ccccc4c3-c3ccccc3)cccc12. The van der Waals surface area contributed by atoms with Gasteiger partial charge in [0.2, 0.25) is 0 Å². The van der Waals surface area contributed by atoms with Gasteiger partial charge in [0, 0.05) is 5.39 Å². The molecule has 202 valence electrons. The molecule has 0 bridgehead atoms. The highest BCUT2D eigenvalue weighted by Gasteiger charge is 2.31. The lowest BCUT2D eigenvalue weighted by Gasteiger charge is -2.20. The van der Waals surface area contributed by atoms with Crippen molar-refractivity contribution >= 4 is 32.3 Å². The lowest BCUT2D eigenvalue weighted by molar-refractivity contribution is 1.50. The first kappa shape index (κ1) is 24.6. The molecule has 0 amide bonds. The molecule has 0 unspecified atom stereocenters. The van der Waals surface area contributed by atoms with Crippen LogP contribution in [0.15, 0.2) is 152 Å². The van der Waals surface area contributed by atoms with E-state index >= 15 is 0 Å². The lowest BCUT2D eigenvalue weighted by Crippen LogP contribution is -1.93. The van der Waals surface area contributed by atoms with Crippen LogP contribution in [0.3, 0.4) is 0 Å². The van der Waals surface area contributed by atoms with E-state index in [1.807, 2.05) is 12.1 Å². The molecule has 1 nitrogen and oxygen atoms in total. The molecule has 0 aliphatic heterocycles. The molecule has 1 aliphatic carbocycles. The maximum Gasteiger partial charge on any atom is 0.0998 e. The molecule has 0 radical (unpaired) electrons. The Labute approximate surface area is 255 Å². The molecule has 44 heavy (non-hydrogen) atoms. The number of hydrogen-bond acceptors (Lipinski definition) is 1. The molecule has 0 atom stereocenters. The van der Waals surface area contributed by atoms with Crippen LogP contribution in [-0.4, -0.2) is 0 Å². The molecule has 0 spiro atoms. The highest BCUT2D eigenvalue weighted by Crippen LogP contribution is 2.58. The van der Waals surface area contributed by atoms with Crippen molar-refractivity contribution in [2.45, 2.75) is 0 Å². The molecule has 1 aliphatic rings. The number of rotatable bonds is 3. The number of benzene rings is 8. The van der Waals surface area contributed by atoms with Gasteiger partial charge in [0.05, 0.1) is 11.6 Å². The Morgan fingerprint density at radius 1 is 0.318 bits per heavy atom. The average molecular weight is 556 g/mol. The van der Waals surface area contributed by atoms with E-state index in [4.69, 9.17) is 0 Å². The normalized spacial score (nSPS) is 11.6. The summed E-state index contributed by atoms with van der Waals surface area (Å²) in [5, 5.41) is 17.0. The van der Waals surface area contributed by atoms with E-state index in [1.165, 1.54) is 71.6 Å². The Balaban J connectivity index is 1.45. The number of nitrogens with zero attached hydrogens (tertiary/aromatic N) is 1. The van der Waals surface area contributed by atoms with Crippen LogP contribution in [0.5, 0.6) is 0 Å². The van der Waals surface area contributed by atoms with Crippen molar-refractivity contribution < 1.29 is 0 Å². The Morgan fingerprint density at radius 2 is 0.773 bits per heavy atom. The van der Waals surface area contributed by atoms with Crippen LogP contribution in [0.1, 0.15) is 5.56 Å². The van der Waals surface area contributed by atoms with Gasteiger partial charge in [-0.2, -0.15) is 5.26 Å². The third-order valence-electron chi connectivity index (χ3n) is 9.25. The van der Waals surface area contributed by atoms with E-state index in [2.05, 4.69) is 146 Å². The fourth-order valence-electron chi connectivity index (χ4n) is 7.49. The summed E-state index contributed by atoms with van der Waals surface area (Å²) in [6.45, 7) is 0. The van der Waals surface area contributed by atoms with Crippen LogP contribution in [0.25, 0.3) is 88.0 Å². The molecule has 1 heteroatoms. The largest absolute Gasteiger partial charge is 0.192 e. The summed E-state index contributed by atoms with van der Waals surface area (Å²) in [6.07, 6.45) is 0. The fraction of sp³-hybridized carbons (Fsp3) is 0. The minimum atomic E-state index is 0.703. The van der Waals surface area contributed by atoms with E-state index in [-0.39, 0.29) is 0 Å². The number of hydrogen-bond donors (Lipinski definition) is 0. The zero-order valence-electron chi connectivity index (χ0n) is 23.9. The van der Waals surface area contributed by atoms with Gasteiger partial charge in [0.1, 0.15) is 0 Å². The van der Waals surface area contributed by atoms with Crippen molar-refractivity contribution in [2.75, 3.05) is 0 Å². The van der Waals surface area contributed by atoms with Crippen LogP contribution in [0.4, 0.5) is 0 Å². The smallest absolute Gasteiger partial charge is 0.0998 e. The molecule has 0 aromatic heterocycles. The van der Waals surface area contributed by atoms with E-state index < -0.39 is 0 Å². The zero-order chi connectivity index (χ0) is 29.2. The Hall–Kier alpha value is -5.97. The first-order chi connectivity index (χ1) is 21.8. The Morgan fingerprint density at radius 3 is 1.41 bits per heavy atom. The predicted octanol–water partition coefficient (Wildman–Crippen LogP) is 11.7. The van der Waals surface area contributed by atoms with Gasteiger partial charge in [-0.05, 0) is 88.6 Å². The van der Waals surface area contributed by atoms with Gasteiger partial charge < -0.3 is 0 Å². The summed E-state index contributed by atoms with van der Waals surface area (Å²) in [4.78, 5) is 0. The third kappa shape index (κ3) is 3.40. The van der Waals surface area contributed by atoms with Crippen molar-refractivity contribution in [3.05, 3.63) is 157 Å². The molecule has 0 saturated heterocycles. The molecule has 0 N–H and O–H groups in total. The average Bonchev–Trinajstić information content (AvgIpc) is 3.42. The molecule has 9 rings (SSSR count). The van der Waals surface area contributed by atoms with E-state index in [9.17, 15) is 5.26 Å². The summed E-state index contributed by atoms with van der Waals surface area (Å²) in [5.74, 6) is 0. The summed E-state index contributed by atoms with van der Waals surface area (Å²) in [5.41, 5.74) is 13.2. The minimum absolute atomic E-state index is 0.703. The lowest BCUT2D eigenvalue weighted by atomic mass is 9.82. The zero-order valence-corrected chi connectivity index (χ0v) is 23.9. The maximum absolute atomic E-state index is 9.82. The van der Waals surface area contributed by atoms with Crippen molar-refractivity contribution in [3.8, 4) is 61.7 Å². The molecule has 8 aromatic rings. The van der Waals surface area contributed by atoms with Crippen LogP contribution >= 0.6 is 0 Å². The Kier molecular flexibility index (Phi) is 5.33. The quantitative estimate of drug-likeness (QED) is 0.213. The summed E-state index contributed by atoms with van der Waals surface area (Å²) >= 11 is 0. The maximum atomic E-state index is 9.82. The van der Waals surface area contributed by atoms with Gasteiger partial charge >= 0.3 is 0 Å². The highest BCUT2D eigenvalue weighted by molar-refractivity contribution is 6.29. The van der Waals surface area contributed by atoms with Crippen molar-refractivity contribution in [2.24, 2.45) is 0 Å². The minimum Gasteiger partial charge on any atom is -0.192 e. The molecule has 0 saturated carbocycles. The topological polar surface area (TPSA) is 23.8 Å². The molecular formula is C43H25N. The Bertz CT molecular complexity index is 2390. The molecule has 8 aromatic carbocycles. The van der Waals surface area contributed by atoms with Gasteiger partial charge in [-0.3, -0.25) is 0 Å². The predicted molar refractivity (Wildman–Crippen MR) is 184 cm³/mol. The second-order valence-corrected chi connectivity index (χ2v) is 11.5. The second kappa shape index (κ2) is 9.53.